The molecule has 3 aromatic carbocycles. The van der Waals surface area contributed by atoms with Gasteiger partial charge in [0.05, 0.1) is 42.5 Å². The first-order valence-electron chi connectivity index (χ1n) is 14.2. The molecule has 0 spiro atoms. The largest absolute Gasteiger partial charge is 0.486 e. The number of hydrogen-bond donors (Lipinski definition) is 3. The number of urea groups is 1. The number of imidazole rings is 1. The Kier molecular flexibility index (Phi) is 8.90. The van der Waals surface area contributed by atoms with E-state index in [-0.39, 0.29) is 53.5 Å². The van der Waals surface area contributed by atoms with E-state index in [0.717, 1.165) is 10.8 Å². The minimum atomic E-state index is -3.95. The Bertz CT molecular complexity index is 1790. The van der Waals surface area contributed by atoms with E-state index in [1.165, 1.54) is 23.9 Å². The summed E-state index contributed by atoms with van der Waals surface area (Å²) in [5, 5.41) is 17.4. The lowest BCUT2D eigenvalue weighted by atomic mass is 9.99. The highest BCUT2D eigenvalue weighted by atomic mass is 32.2. The molecular formula is C31H36N6O6S. The van der Waals surface area contributed by atoms with Crippen LogP contribution in [0, 0.1) is 5.92 Å². The van der Waals surface area contributed by atoms with Crippen LogP contribution in [0.15, 0.2) is 78.2 Å². The van der Waals surface area contributed by atoms with Crippen LogP contribution in [0.25, 0.3) is 10.8 Å². The summed E-state index contributed by atoms with van der Waals surface area (Å²) in [7, 11) is -0.818. The van der Waals surface area contributed by atoms with Crippen LogP contribution >= 0.6 is 0 Å². The van der Waals surface area contributed by atoms with Crippen molar-refractivity contribution in [3.05, 3.63) is 78.8 Å². The van der Waals surface area contributed by atoms with E-state index in [4.69, 9.17) is 4.74 Å². The Morgan fingerprint density at radius 1 is 1.11 bits per heavy atom. The number of sulfonamides is 1. The highest BCUT2D eigenvalue weighted by Gasteiger charge is 2.36. The molecule has 3 amide bonds. The molecule has 12 nitrogen and oxygen atoms in total. The van der Waals surface area contributed by atoms with Gasteiger partial charge in [-0.2, -0.15) is 4.31 Å². The first kappa shape index (κ1) is 31.0. The third kappa shape index (κ3) is 6.25. The predicted molar refractivity (Wildman–Crippen MR) is 167 cm³/mol. The molecule has 232 valence electrons. The molecule has 5 rings (SSSR count). The number of fused-ring (bicyclic) bond motifs is 2. The van der Waals surface area contributed by atoms with E-state index in [9.17, 15) is 23.1 Å². The smallest absolute Gasteiger partial charge is 0.323 e. The van der Waals surface area contributed by atoms with Crippen LogP contribution in [0.4, 0.5) is 16.2 Å². The second-order valence-corrected chi connectivity index (χ2v) is 13.1. The third-order valence-electron chi connectivity index (χ3n) is 7.77. The van der Waals surface area contributed by atoms with Crippen molar-refractivity contribution in [3.63, 3.8) is 0 Å². The molecule has 44 heavy (non-hydrogen) atoms. The topological polar surface area (TPSA) is 146 Å². The fourth-order valence-corrected chi connectivity index (χ4v) is 6.35. The predicted octanol–water partition coefficient (Wildman–Crippen LogP) is 3.76. The maximum Gasteiger partial charge on any atom is 0.323 e. The number of ether oxygens (including phenoxy) is 1. The molecule has 3 N–H and O–H groups in total. The molecule has 0 radical (unpaired) electrons. The number of aliphatic hydroxyl groups excluding tert-OH is 1. The molecule has 1 aromatic heterocycles. The minimum absolute atomic E-state index is 0.0639. The maximum atomic E-state index is 13.8. The number of rotatable bonds is 8. The highest BCUT2D eigenvalue weighted by molar-refractivity contribution is 7.89. The van der Waals surface area contributed by atoms with Crippen molar-refractivity contribution in [2.24, 2.45) is 13.0 Å². The number of nitrogens with one attached hydrogen (secondary N) is 2. The molecule has 13 heteroatoms. The summed E-state index contributed by atoms with van der Waals surface area (Å²) in [5.74, 6) is -0.625. The summed E-state index contributed by atoms with van der Waals surface area (Å²) < 4.78 is 35.8. The zero-order chi connectivity index (χ0) is 31.6. The standard InChI is InChI=1S/C31H36N6O6S/c1-20-15-37(21(2)18-38)30(39)24-12-8-14-26(34-31(40)33-25-13-7-10-22-9-5-6-11-23(22)25)29(24)43-27(20)16-36(4)44(41,42)28-17-35(3)19-32-28/h5-14,17,19-21,27,38H,15-16,18H2,1-4H3,(H2,33,34,40)/t20-,21-,27-/m0/s1. The first-order chi connectivity index (χ1) is 21.0. The van der Waals surface area contributed by atoms with Gasteiger partial charge in [-0.25, -0.2) is 18.2 Å². The zero-order valence-electron chi connectivity index (χ0n) is 25.0. The first-order valence-corrected chi connectivity index (χ1v) is 15.6. The number of aromatic nitrogens is 2. The molecule has 0 aliphatic carbocycles. The van der Waals surface area contributed by atoms with E-state index in [1.54, 1.807) is 47.7 Å². The van der Waals surface area contributed by atoms with Crippen molar-refractivity contribution < 1.29 is 27.9 Å². The van der Waals surface area contributed by atoms with Crippen LogP contribution in [0.1, 0.15) is 24.2 Å². The van der Waals surface area contributed by atoms with Crippen molar-refractivity contribution in [2.75, 3.05) is 37.4 Å². The molecule has 3 atom stereocenters. The normalized spacial score (nSPS) is 17.9. The number of hydrogen-bond acceptors (Lipinski definition) is 7. The number of carbonyl (C=O) groups is 2. The number of para-hydroxylation sites is 1. The van der Waals surface area contributed by atoms with Gasteiger partial charge in [0, 0.05) is 38.1 Å². The van der Waals surface area contributed by atoms with Crippen molar-refractivity contribution >= 4 is 44.1 Å². The van der Waals surface area contributed by atoms with Crippen LogP contribution in [0.5, 0.6) is 5.75 Å². The highest BCUT2D eigenvalue weighted by Crippen LogP contribution is 2.35. The van der Waals surface area contributed by atoms with Gasteiger partial charge >= 0.3 is 6.03 Å². The van der Waals surface area contributed by atoms with Crippen LogP contribution in [-0.2, 0) is 17.1 Å². The van der Waals surface area contributed by atoms with Crippen LogP contribution in [0.2, 0.25) is 0 Å². The number of amides is 3. The molecule has 0 saturated heterocycles. The maximum absolute atomic E-state index is 13.8. The lowest BCUT2D eigenvalue weighted by Crippen LogP contribution is -2.50. The average Bonchev–Trinajstić information content (AvgIpc) is 3.46. The number of aryl methyl sites for hydroxylation is 1. The van der Waals surface area contributed by atoms with Gasteiger partial charge in [-0.05, 0) is 30.5 Å². The zero-order valence-corrected chi connectivity index (χ0v) is 25.8. The number of anilines is 2. The molecule has 0 fully saturated rings. The monoisotopic (exact) mass is 620 g/mol. The molecule has 2 heterocycles. The van der Waals surface area contributed by atoms with Gasteiger partial charge in [-0.1, -0.05) is 49.4 Å². The second-order valence-electron chi connectivity index (χ2n) is 11.1. The van der Waals surface area contributed by atoms with Gasteiger partial charge in [0.15, 0.2) is 10.8 Å². The SMILES string of the molecule is C[C@H]1CN([C@@H](C)CO)C(=O)c2cccc(NC(=O)Nc3cccc4ccccc34)c2O[C@H]1CN(C)S(=O)(=O)c1cn(C)cn1. The van der Waals surface area contributed by atoms with Gasteiger partial charge in [0.1, 0.15) is 6.10 Å². The van der Waals surface area contributed by atoms with E-state index in [2.05, 4.69) is 15.6 Å². The van der Waals surface area contributed by atoms with E-state index < -0.39 is 28.2 Å². The van der Waals surface area contributed by atoms with Crippen LogP contribution in [-0.4, -0.2) is 83.1 Å². The molecule has 0 bridgehead atoms. The van der Waals surface area contributed by atoms with Gasteiger partial charge in [0.2, 0.25) is 0 Å². The Morgan fingerprint density at radius 2 is 1.80 bits per heavy atom. The van der Waals surface area contributed by atoms with E-state index in [1.807, 2.05) is 43.3 Å². The Labute approximate surface area is 256 Å². The summed E-state index contributed by atoms with van der Waals surface area (Å²) in [4.78, 5) is 32.6. The Morgan fingerprint density at radius 3 is 2.52 bits per heavy atom. The molecular weight excluding hydrogens is 584 g/mol. The average molecular weight is 621 g/mol. The van der Waals surface area contributed by atoms with E-state index in [0.29, 0.717) is 5.69 Å². The van der Waals surface area contributed by atoms with Gasteiger partial charge < -0.3 is 29.9 Å². The fourth-order valence-electron chi connectivity index (χ4n) is 5.20. The summed E-state index contributed by atoms with van der Waals surface area (Å²) in [6.45, 7) is 3.47. The third-order valence-corrected chi connectivity index (χ3v) is 9.48. The number of likely N-dealkylation sites (N-methyl/N-ethyl adjacent to an activating group) is 1. The molecule has 0 unspecified atom stereocenters. The number of benzene rings is 3. The lowest BCUT2D eigenvalue weighted by Gasteiger charge is -2.38. The summed E-state index contributed by atoms with van der Waals surface area (Å²) >= 11 is 0. The van der Waals surface area contributed by atoms with Crippen LogP contribution < -0.4 is 15.4 Å². The summed E-state index contributed by atoms with van der Waals surface area (Å²) in [6.07, 6.45) is 2.10. The Hall–Kier alpha value is -4.46. The Balaban J connectivity index is 1.48. The van der Waals surface area contributed by atoms with Crippen LogP contribution in [0.3, 0.4) is 0 Å². The van der Waals surface area contributed by atoms with Gasteiger partial charge in [-0.15, -0.1) is 0 Å². The van der Waals surface area contributed by atoms with Crippen molar-refractivity contribution in [1.82, 2.24) is 18.8 Å². The van der Waals surface area contributed by atoms with Gasteiger partial charge in [0.25, 0.3) is 15.9 Å². The summed E-state index contributed by atoms with van der Waals surface area (Å²) in [5.41, 5.74) is 1.02. The quantitative estimate of drug-likeness (QED) is 0.272. The van der Waals surface area contributed by atoms with Crippen molar-refractivity contribution in [1.29, 1.82) is 0 Å². The second kappa shape index (κ2) is 12.6. The fraction of sp³-hybridized carbons (Fsp3) is 0.323. The number of nitrogens with zero attached hydrogens (tertiary/aromatic N) is 4. The lowest BCUT2D eigenvalue weighted by molar-refractivity contribution is 0.0389. The van der Waals surface area contributed by atoms with Crippen molar-refractivity contribution in [2.45, 2.75) is 31.0 Å². The molecule has 0 saturated carbocycles. The van der Waals surface area contributed by atoms with Crippen molar-refractivity contribution in [3.8, 4) is 5.75 Å². The van der Waals surface area contributed by atoms with Gasteiger partial charge in [-0.3, -0.25) is 4.79 Å². The summed E-state index contributed by atoms with van der Waals surface area (Å²) in [6, 6.07) is 17.0. The number of aliphatic hydroxyl groups is 1. The van der Waals surface area contributed by atoms with E-state index >= 15 is 0 Å². The molecule has 4 aromatic rings. The minimum Gasteiger partial charge on any atom is -0.486 e. The number of carbonyl (C=O) groups excluding carboxylic acids is 2. The molecule has 1 aliphatic heterocycles. The molecule has 1 aliphatic rings.